The molecule has 0 aliphatic carbocycles. The van der Waals surface area contributed by atoms with Crippen LogP contribution in [0, 0.1) is 11.8 Å². The Bertz CT molecular complexity index is 868. The smallest absolute Gasteiger partial charge is 0.131 e. The molecule has 5 atom stereocenters. The minimum Gasteiger partial charge on any atom is -0.508 e. The minimum absolute atomic E-state index is 0.274. The summed E-state index contributed by atoms with van der Waals surface area (Å²) in [7, 11) is 2.38. The number of aromatic hydroxyl groups is 1. The molecule has 4 bridgehead atoms. The number of allylic oxidation sites excluding steroid dienone is 1. The van der Waals surface area contributed by atoms with Crippen LogP contribution in [0.1, 0.15) is 30.6 Å². The topological polar surface area (TPSA) is 56.2 Å². The molecule has 0 amide bonds. The third kappa shape index (κ3) is 1.60. The van der Waals surface area contributed by atoms with Crippen LogP contribution in [0.25, 0.3) is 10.9 Å². The molecular formula is C20H25N2O2+. The first-order chi connectivity index (χ1) is 11.6. The largest absolute Gasteiger partial charge is 0.508 e. The molecule has 3 saturated heterocycles. The van der Waals surface area contributed by atoms with Crippen molar-refractivity contribution < 1.29 is 14.7 Å². The maximum Gasteiger partial charge on any atom is 0.131 e. The molecule has 0 spiro atoms. The van der Waals surface area contributed by atoms with Gasteiger partial charge in [-0.05, 0) is 36.3 Å². The molecule has 1 aromatic heterocycles. The van der Waals surface area contributed by atoms with E-state index in [1.165, 1.54) is 16.8 Å². The number of phenols is 1. The summed E-state index contributed by atoms with van der Waals surface area (Å²) in [5, 5.41) is 21.2. The molecule has 0 radical (unpaired) electrons. The normalized spacial score (nSPS) is 38.7. The Hall–Kier alpha value is -1.78. The molecule has 4 nitrogen and oxygen atoms in total. The fraction of sp³-hybridized carbons (Fsp3) is 0.500. The molecule has 0 unspecified atom stereocenters. The van der Waals surface area contributed by atoms with Crippen molar-refractivity contribution in [3.63, 3.8) is 0 Å². The van der Waals surface area contributed by atoms with E-state index in [4.69, 9.17) is 0 Å². The van der Waals surface area contributed by atoms with Gasteiger partial charge in [0.05, 0.1) is 25.4 Å². The number of hydrogen-bond acceptors (Lipinski definition) is 2. The van der Waals surface area contributed by atoms with Gasteiger partial charge in [-0.25, -0.2) is 0 Å². The summed E-state index contributed by atoms with van der Waals surface area (Å²) in [5.74, 6) is 1.20. The maximum absolute atomic E-state index is 10.1. The van der Waals surface area contributed by atoms with Crippen molar-refractivity contribution >= 4 is 10.9 Å². The van der Waals surface area contributed by atoms with E-state index in [1.807, 2.05) is 12.1 Å². The van der Waals surface area contributed by atoms with Gasteiger partial charge in [0.2, 0.25) is 0 Å². The number of likely N-dealkylation sites (N-methyl/N-ethyl adjacent to an activating group) is 1. The summed E-state index contributed by atoms with van der Waals surface area (Å²) in [4.78, 5) is 3.67. The van der Waals surface area contributed by atoms with E-state index in [0.717, 1.165) is 34.8 Å². The van der Waals surface area contributed by atoms with Gasteiger partial charge in [-0.15, -0.1) is 0 Å². The SMILES string of the molecule is C/C=C1/C[N@+]2(C)[C@@H]3Cc4c([nH]c5ccc(O)cc45)[C@@H]2C[C@H]1[C@@H]3CO. The second kappa shape index (κ2) is 4.64. The molecule has 3 fully saturated rings. The number of aromatic amines is 1. The third-order valence-corrected chi connectivity index (χ3v) is 7.21. The lowest BCUT2D eigenvalue weighted by Crippen LogP contribution is -2.70. The van der Waals surface area contributed by atoms with E-state index in [1.54, 1.807) is 6.07 Å². The molecular weight excluding hydrogens is 300 g/mol. The van der Waals surface area contributed by atoms with Gasteiger partial charge in [0.1, 0.15) is 18.3 Å². The Balaban J connectivity index is 1.73. The van der Waals surface area contributed by atoms with Gasteiger partial charge >= 0.3 is 0 Å². The Labute approximate surface area is 142 Å². The summed E-state index contributed by atoms with van der Waals surface area (Å²) >= 11 is 0. The first kappa shape index (κ1) is 14.6. The summed E-state index contributed by atoms with van der Waals surface area (Å²) in [5.41, 5.74) is 5.39. The monoisotopic (exact) mass is 325 g/mol. The minimum atomic E-state index is 0.274. The molecule has 0 saturated carbocycles. The zero-order valence-electron chi connectivity index (χ0n) is 14.3. The van der Waals surface area contributed by atoms with Crippen LogP contribution in [0.15, 0.2) is 29.8 Å². The number of hydrogen-bond donors (Lipinski definition) is 3. The lowest BCUT2D eigenvalue weighted by molar-refractivity contribution is -0.978. The van der Waals surface area contributed by atoms with Gasteiger partial charge in [0.15, 0.2) is 0 Å². The first-order valence-corrected chi connectivity index (χ1v) is 9.01. The maximum atomic E-state index is 10.1. The number of quaternary nitrogens is 1. The van der Waals surface area contributed by atoms with E-state index in [0.29, 0.717) is 29.7 Å². The average Bonchev–Trinajstić information content (AvgIpc) is 2.91. The van der Waals surface area contributed by atoms with Crippen molar-refractivity contribution in [1.29, 1.82) is 0 Å². The van der Waals surface area contributed by atoms with Crippen LogP contribution < -0.4 is 0 Å². The zero-order valence-corrected chi connectivity index (χ0v) is 14.3. The zero-order chi connectivity index (χ0) is 16.6. The molecule has 1 aromatic carbocycles. The molecule has 126 valence electrons. The van der Waals surface area contributed by atoms with Gasteiger partial charge in [0, 0.05) is 35.6 Å². The number of aromatic nitrogens is 1. The first-order valence-electron chi connectivity index (χ1n) is 9.01. The lowest BCUT2D eigenvalue weighted by Gasteiger charge is -2.62. The van der Waals surface area contributed by atoms with Crippen molar-refractivity contribution in [2.45, 2.75) is 31.8 Å². The summed E-state index contributed by atoms with van der Waals surface area (Å²) < 4.78 is 1.02. The van der Waals surface area contributed by atoms with Gasteiger partial charge in [-0.2, -0.15) is 0 Å². The summed E-state index contributed by atoms with van der Waals surface area (Å²) in [6.45, 7) is 3.52. The van der Waals surface area contributed by atoms with Crippen molar-refractivity contribution in [3.8, 4) is 5.75 Å². The number of nitrogens with zero attached hydrogens (tertiary/aromatic N) is 1. The summed E-state index contributed by atoms with van der Waals surface area (Å²) in [6, 6.07) is 6.58. The highest BCUT2D eigenvalue weighted by Crippen LogP contribution is 2.57. The number of benzene rings is 1. The van der Waals surface area contributed by atoms with E-state index in [-0.39, 0.29) is 6.61 Å². The van der Waals surface area contributed by atoms with Gasteiger partial charge in [0.25, 0.3) is 0 Å². The Morgan fingerprint density at radius 3 is 2.96 bits per heavy atom. The molecule has 4 aliphatic rings. The van der Waals surface area contributed by atoms with Crippen molar-refractivity contribution in [2.75, 3.05) is 20.2 Å². The number of aliphatic hydroxyl groups excluding tert-OH is 1. The highest BCUT2D eigenvalue weighted by molar-refractivity contribution is 5.86. The van der Waals surface area contributed by atoms with Gasteiger partial charge in [-0.3, -0.25) is 0 Å². The second-order valence-electron chi connectivity index (χ2n) is 8.09. The van der Waals surface area contributed by atoms with E-state index < -0.39 is 0 Å². The molecule has 24 heavy (non-hydrogen) atoms. The molecule has 5 heterocycles. The number of nitrogens with one attached hydrogen (secondary N) is 1. The molecule has 3 N–H and O–H groups in total. The number of rotatable bonds is 1. The fourth-order valence-corrected chi connectivity index (χ4v) is 6.05. The predicted octanol–water partition coefficient (Wildman–Crippen LogP) is 2.87. The van der Waals surface area contributed by atoms with E-state index in [9.17, 15) is 10.2 Å². The van der Waals surface area contributed by atoms with Crippen molar-refractivity contribution in [3.05, 3.63) is 41.1 Å². The van der Waals surface area contributed by atoms with Gasteiger partial charge in [-0.1, -0.05) is 6.08 Å². The van der Waals surface area contributed by atoms with Crippen molar-refractivity contribution in [1.82, 2.24) is 4.98 Å². The van der Waals surface area contributed by atoms with Crippen LogP contribution in [0.4, 0.5) is 0 Å². The highest BCUT2D eigenvalue weighted by atomic mass is 16.3. The Kier molecular flexibility index (Phi) is 2.82. The molecule has 4 heteroatoms. The molecule has 4 aliphatic heterocycles. The average molecular weight is 325 g/mol. The quantitative estimate of drug-likeness (QED) is 0.558. The van der Waals surface area contributed by atoms with Crippen LogP contribution in [0.2, 0.25) is 0 Å². The standard InChI is InChI=1S/C20H24N2O2/c1-3-11-9-22(2)18-8-15-14-6-12(24)4-5-17(14)21-20(15)19(22)7-13(11)16(18)10-23/h3-6,13,16,18-19,21,23H,7-10H2,1-2H3/p+1/b11-3-/t13-,16+,18-,19+,22-/m1/s1. The molecule has 2 aromatic rings. The Morgan fingerprint density at radius 2 is 2.21 bits per heavy atom. The van der Waals surface area contributed by atoms with Gasteiger partial charge < -0.3 is 19.7 Å². The van der Waals surface area contributed by atoms with E-state index in [2.05, 4.69) is 25.0 Å². The fourth-order valence-electron chi connectivity index (χ4n) is 6.05. The second-order valence-corrected chi connectivity index (χ2v) is 8.09. The van der Waals surface area contributed by atoms with Crippen molar-refractivity contribution in [2.24, 2.45) is 11.8 Å². The van der Waals surface area contributed by atoms with Crippen LogP contribution in [0.5, 0.6) is 5.75 Å². The lowest BCUT2D eigenvalue weighted by atomic mass is 9.62. The Morgan fingerprint density at radius 1 is 1.38 bits per heavy atom. The number of phenolic OH excluding ortho intramolecular Hbond substituents is 1. The predicted molar refractivity (Wildman–Crippen MR) is 93.7 cm³/mol. The van der Waals surface area contributed by atoms with Crippen LogP contribution in [0.3, 0.4) is 0 Å². The number of aliphatic hydroxyl groups is 1. The van der Waals surface area contributed by atoms with Crippen LogP contribution in [-0.2, 0) is 6.42 Å². The summed E-state index contributed by atoms with van der Waals surface area (Å²) in [6.07, 6.45) is 4.39. The molecule has 6 rings (SSSR count). The third-order valence-electron chi connectivity index (χ3n) is 7.21. The number of piperidine rings is 3. The number of H-pyrrole nitrogens is 1. The van der Waals surface area contributed by atoms with Crippen LogP contribution in [-0.4, -0.2) is 45.9 Å². The highest BCUT2D eigenvalue weighted by Gasteiger charge is 2.61. The van der Waals surface area contributed by atoms with E-state index >= 15 is 0 Å². The number of fused-ring (bicyclic) bond motifs is 4. The van der Waals surface area contributed by atoms with Crippen LogP contribution >= 0.6 is 0 Å².